The molecule has 0 aromatic carbocycles. The monoisotopic (exact) mass is 199 g/mol. The maximum atomic E-state index is 10.9. The zero-order valence-corrected chi connectivity index (χ0v) is 8.49. The van der Waals surface area contributed by atoms with Gasteiger partial charge in [-0.15, -0.1) is 0 Å². The number of hydrogen-bond donors (Lipinski definition) is 1. The van der Waals surface area contributed by atoms with Crippen molar-refractivity contribution in [3.05, 3.63) is 0 Å². The van der Waals surface area contributed by atoms with E-state index < -0.39 is 0 Å². The van der Waals surface area contributed by atoms with Crippen molar-refractivity contribution >= 4 is 11.9 Å². The third-order valence-corrected chi connectivity index (χ3v) is 2.61. The highest BCUT2D eigenvalue weighted by molar-refractivity contribution is 5.78. The molecule has 0 radical (unpaired) electrons. The molecule has 0 spiro atoms. The molecule has 0 bridgehead atoms. The van der Waals surface area contributed by atoms with Crippen LogP contribution in [0.4, 0.5) is 0 Å². The van der Waals surface area contributed by atoms with E-state index in [0.29, 0.717) is 6.42 Å². The number of hydrogen-bond acceptors (Lipinski definition) is 3. The fourth-order valence-electron chi connectivity index (χ4n) is 1.66. The summed E-state index contributed by atoms with van der Waals surface area (Å²) in [6, 6.07) is 0. The van der Waals surface area contributed by atoms with Crippen LogP contribution in [-0.4, -0.2) is 18.0 Å². The second-order valence-electron chi connectivity index (χ2n) is 3.81. The van der Waals surface area contributed by atoms with Crippen molar-refractivity contribution in [2.45, 2.75) is 45.1 Å². The predicted molar refractivity (Wildman–Crippen MR) is 51.3 cm³/mol. The first kappa shape index (κ1) is 11.0. The second-order valence-corrected chi connectivity index (χ2v) is 3.81. The van der Waals surface area contributed by atoms with Gasteiger partial charge in [-0.2, -0.15) is 0 Å². The molecule has 0 aliphatic carbocycles. The molecule has 0 saturated carbocycles. The Bertz CT molecular complexity index is 227. The van der Waals surface area contributed by atoms with Gasteiger partial charge in [0.15, 0.2) is 0 Å². The van der Waals surface area contributed by atoms with E-state index in [9.17, 15) is 9.59 Å². The lowest BCUT2D eigenvalue weighted by molar-refractivity contribution is -0.182. The quantitative estimate of drug-likeness (QED) is 0.512. The summed E-state index contributed by atoms with van der Waals surface area (Å²) in [4.78, 5) is 21.3. The molecule has 1 amide bonds. The summed E-state index contributed by atoms with van der Waals surface area (Å²) in [6.45, 7) is 1.91. The van der Waals surface area contributed by atoms with Gasteiger partial charge in [0.05, 0.1) is 5.92 Å². The molecule has 4 nitrogen and oxygen atoms in total. The summed E-state index contributed by atoms with van der Waals surface area (Å²) in [6.07, 6.45) is 4.16. The molecule has 80 valence electrons. The van der Waals surface area contributed by atoms with Crippen molar-refractivity contribution in [1.82, 2.24) is 0 Å². The zero-order valence-electron chi connectivity index (χ0n) is 8.49. The lowest BCUT2D eigenvalue weighted by Gasteiger charge is -2.32. The minimum atomic E-state index is -0.249. The molecule has 1 heterocycles. The van der Waals surface area contributed by atoms with Crippen molar-refractivity contribution in [2.75, 3.05) is 0 Å². The lowest BCUT2D eigenvalue weighted by Crippen LogP contribution is -2.42. The van der Waals surface area contributed by atoms with Gasteiger partial charge in [-0.05, 0) is 19.8 Å². The molecule has 0 aromatic rings. The standard InChI is InChI=1S/C10H17NO3/c1-7-8(10(13)14-7)5-3-2-4-6-9(11)12/h7-8H,2-6H2,1H3,(H2,11,12)/t7-,8+/m0/s1. The van der Waals surface area contributed by atoms with Crippen LogP contribution in [-0.2, 0) is 14.3 Å². The Balaban J connectivity index is 1.99. The number of esters is 1. The molecule has 1 rings (SSSR count). The summed E-state index contributed by atoms with van der Waals surface area (Å²) in [7, 11) is 0. The Hall–Kier alpha value is -1.06. The minimum absolute atomic E-state index is 0.0765. The number of amides is 1. The van der Waals surface area contributed by atoms with Crippen molar-refractivity contribution in [1.29, 1.82) is 0 Å². The Morgan fingerprint density at radius 2 is 2.14 bits per heavy atom. The van der Waals surface area contributed by atoms with E-state index in [1.54, 1.807) is 0 Å². The van der Waals surface area contributed by atoms with Gasteiger partial charge in [0, 0.05) is 6.42 Å². The van der Waals surface area contributed by atoms with Crippen molar-refractivity contribution in [2.24, 2.45) is 11.7 Å². The van der Waals surface area contributed by atoms with E-state index >= 15 is 0 Å². The van der Waals surface area contributed by atoms with Crippen LogP contribution < -0.4 is 5.73 Å². The first-order chi connectivity index (χ1) is 6.61. The third-order valence-electron chi connectivity index (χ3n) is 2.61. The lowest BCUT2D eigenvalue weighted by atomic mass is 9.92. The van der Waals surface area contributed by atoms with Crippen LogP contribution in [0, 0.1) is 5.92 Å². The largest absolute Gasteiger partial charge is 0.461 e. The van der Waals surface area contributed by atoms with Crippen molar-refractivity contribution < 1.29 is 14.3 Å². The summed E-state index contributed by atoms with van der Waals surface area (Å²) >= 11 is 0. The first-order valence-corrected chi connectivity index (χ1v) is 5.10. The van der Waals surface area contributed by atoms with Crippen LogP contribution in [0.1, 0.15) is 39.0 Å². The number of ether oxygens (including phenoxy) is 1. The number of rotatable bonds is 6. The Morgan fingerprint density at radius 1 is 1.43 bits per heavy atom. The number of cyclic esters (lactones) is 1. The normalized spacial score (nSPS) is 25.4. The van der Waals surface area contributed by atoms with Gasteiger partial charge in [-0.3, -0.25) is 9.59 Å². The summed E-state index contributed by atoms with van der Waals surface area (Å²) in [5.74, 6) is -0.239. The number of nitrogens with two attached hydrogens (primary N) is 1. The molecular weight excluding hydrogens is 182 g/mol. The Kier molecular flexibility index (Phi) is 3.92. The molecule has 1 aliphatic rings. The average Bonchev–Trinajstić information content (AvgIpc) is 2.10. The predicted octanol–water partition coefficient (Wildman–Crippen LogP) is 0.984. The van der Waals surface area contributed by atoms with Gasteiger partial charge in [0.25, 0.3) is 0 Å². The SMILES string of the molecule is C[C@@H]1OC(=O)[C@@H]1CCCCCC(N)=O. The second kappa shape index (κ2) is 4.98. The van der Waals surface area contributed by atoms with Crippen molar-refractivity contribution in [3.63, 3.8) is 0 Å². The first-order valence-electron chi connectivity index (χ1n) is 5.10. The van der Waals surface area contributed by atoms with Crippen LogP contribution in [0.5, 0.6) is 0 Å². The van der Waals surface area contributed by atoms with Gasteiger partial charge in [0.2, 0.25) is 5.91 Å². The molecule has 1 aliphatic heterocycles. The van der Waals surface area contributed by atoms with Crippen molar-refractivity contribution in [3.8, 4) is 0 Å². The highest BCUT2D eigenvalue weighted by Gasteiger charge is 2.37. The molecule has 2 N–H and O–H groups in total. The molecule has 4 heteroatoms. The van der Waals surface area contributed by atoms with Gasteiger partial charge in [-0.25, -0.2) is 0 Å². The number of carbonyl (C=O) groups excluding carboxylic acids is 2. The average molecular weight is 199 g/mol. The maximum Gasteiger partial charge on any atom is 0.312 e. The maximum absolute atomic E-state index is 10.9. The third kappa shape index (κ3) is 3.01. The van der Waals surface area contributed by atoms with E-state index in [2.05, 4.69) is 0 Å². The van der Waals surface area contributed by atoms with Gasteiger partial charge >= 0.3 is 5.97 Å². The topological polar surface area (TPSA) is 69.4 Å². The highest BCUT2D eigenvalue weighted by atomic mass is 16.6. The fraction of sp³-hybridized carbons (Fsp3) is 0.800. The van der Waals surface area contributed by atoms with Crippen LogP contribution in [0.15, 0.2) is 0 Å². The van der Waals surface area contributed by atoms with Crippen LogP contribution >= 0.6 is 0 Å². The molecule has 1 saturated heterocycles. The van der Waals surface area contributed by atoms with E-state index in [-0.39, 0.29) is 23.9 Å². The summed E-state index contributed by atoms with van der Waals surface area (Å²) in [5.41, 5.74) is 5.00. The van der Waals surface area contributed by atoms with Crippen LogP contribution in [0.2, 0.25) is 0 Å². The number of primary amides is 1. The van der Waals surface area contributed by atoms with Crippen LogP contribution in [0.3, 0.4) is 0 Å². The van der Waals surface area contributed by atoms with E-state index in [4.69, 9.17) is 10.5 Å². The minimum Gasteiger partial charge on any atom is -0.461 e. The van der Waals surface area contributed by atoms with Gasteiger partial charge in [-0.1, -0.05) is 12.8 Å². The number of carbonyl (C=O) groups is 2. The Labute approximate surface area is 83.8 Å². The molecule has 1 fully saturated rings. The van der Waals surface area contributed by atoms with Crippen LogP contribution in [0.25, 0.3) is 0 Å². The smallest absolute Gasteiger partial charge is 0.312 e. The highest BCUT2D eigenvalue weighted by Crippen LogP contribution is 2.27. The van der Waals surface area contributed by atoms with E-state index in [0.717, 1.165) is 25.7 Å². The van der Waals surface area contributed by atoms with E-state index in [1.165, 1.54) is 0 Å². The molecule has 0 aromatic heterocycles. The fourth-order valence-corrected chi connectivity index (χ4v) is 1.66. The van der Waals surface area contributed by atoms with E-state index in [1.807, 2.05) is 6.92 Å². The molecule has 0 unspecified atom stereocenters. The molecular formula is C10H17NO3. The number of unbranched alkanes of at least 4 members (excludes halogenated alkanes) is 2. The molecule has 14 heavy (non-hydrogen) atoms. The summed E-state index contributed by atoms with van der Waals surface area (Å²) in [5, 5.41) is 0. The summed E-state index contributed by atoms with van der Waals surface area (Å²) < 4.78 is 4.83. The Morgan fingerprint density at radius 3 is 2.64 bits per heavy atom. The molecule has 2 atom stereocenters. The van der Waals surface area contributed by atoms with Gasteiger partial charge in [0.1, 0.15) is 6.10 Å². The zero-order chi connectivity index (χ0) is 10.6. The van der Waals surface area contributed by atoms with Gasteiger partial charge < -0.3 is 10.5 Å².